The summed E-state index contributed by atoms with van der Waals surface area (Å²) in [6, 6.07) is 23.5. The van der Waals surface area contributed by atoms with Gasteiger partial charge in [-0.2, -0.15) is 4.40 Å². The number of benzene rings is 3. The number of carbonyl (C=O) groups is 3. The molecule has 0 heterocycles. The number of allylic oxidation sites excluding steroid dienone is 4. The summed E-state index contributed by atoms with van der Waals surface area (Å²) in [6.07, 6.45) is 6.42. The average Bonchev–Trinajstić information content (AvgIpc) is 3.06. The first kappa shape index (κ1) is 37.4. The normalized spacial score (nSPS) is 15.5. The maximum absolute atomic E-state index is 12.2. The third-order valence-corrected chi connectivity index (χ3v) is 8.25. The van der Waals surface area contributed by atoms with E-state index >= 15 is 0 Å². The molecule has 0 radical (unpaired) electrons. The summed E-state index contributed by atoms with van der Waals surface area (Å²) in [6.45, 7) is 3.32. The summed E-state index contributed by atoms with van der Waals surface area (Å²) >= 11 is 0. The van der Waals surface area contributed by atoms with Crippen molar-refractivity contribution in [3.8, 4) is 17.2 Å². The van der Waals surface area contributed by atoms with E-state index < -0.39 is 33.9 Å². The smallest absolute Gasteiger partial charge is 0.326 e. The van der Waals surface area contributed by atoms with Gasteiger partial charge in [0.25, 0.3) is 0 Å². The number of aliphatic carboxylic acids is 2. The van der Waals surface area contributed by atoms with Crippen LogP contribution >= 0.6 is 0 Å². The number of ether oxygens (including phenoxy) is 2. The summed E-state index contributed by atoms with van der Waals surface area (Å²) < 4.78 is 39.7. The van der Waals surface area contributed by atoms with E-state index in [1.165, 1.54) is 0 Å². The molecule has 3 N–H and O–H groups in total. The molecule has 2 atom stereocenters. The van der Waals surface area contributed by atoms with Crippen molar-refractivity contribution in [2.45, 2.75) is 51.7 Å². The Morgan fingerprint density at radius 1 is 0.900 bits per heavy atom. The second-order valence-electron chi connectivity index (χ2n) is 11.8. The molecule has 0 spiro atoms. The molecule has 50 heavy (non-hydrogen) atoms. The fourth-order valence-corrected chi connectivity index (χ4v) is 5.87. The highest BCUT2D eigenvalue weighted by Crippen LogP contribution is 2.29. The fraction of sp³-hybridized carbons (Fsp3) is 0.297. The Labute approximate surface area is 291 Å². The van der Waals surface area contributed by atoms with Gasteiger partial charge in [-0.25, -0.2) is 13.2 Å². The molecule has 13 heteroatoms. The van der Waals surface area contributed by atoms with Gasteiger partial charge >= 0.3 is 11.9 Å². The maximum Gasteiger partial charge on any atom is 0.326 e. The molecular formula is C37H41N3O9S. The SMILES string of the molecule is CC1C(N(Cc2ccccc2)Cc2ccc(Oc3cccc(OCCCC(=O)N[C@@H](CCC(=O)O)C(=O)O)c3)cc2)=CC=CC1=NS(C)(=O)=O. The molecular weight excluding hydrogens is 662 g/mol. The summed E-state index contributed by atoms with van der Waals surface area (Å²) in [5, 5.41) is 20.3. The zero-order valence-corrected chi connectivity index (χ0v) is 28.7. The summed E-state index contributed by atoms with van der Waals surface area (Å²) in [5.74, 6) is -1.45. The highest BCUT2D eigenvalue weighted by molar-refractivity contribution is 7.89. The van der Waals surface area contributed by atoms with Crippen molar-refractivity contribution in [1.29, 1.82) is 0 Å². The van der Waals surface area contributed by atoms with Crippen molar-refractivity contribution in [1.82, 2.24) is 10.2 Å². The monoisotopic (exact) mass is 703 g/mol. The molecule has 1 aliphatic carbocycles. The van der Waals surface area contributed by atoms with Crippen LogP contribution in [-0.2, 0) is 37.5 Å². The van der Waals surface area contributed by atoms with E-state index in [2.05, 4.69) is 26.7 Å². The molecule has 1 aliphatic rings. The van der Waals surface area contributed by atoms with Crippen LogP contribution in [0.1, 0.15) is 43.7 Å². The molecule has 0 aliphatic heterocycles. The first-order valence-electron chi connectivity index (χ1n) is 16.1. The Hall–Kier alpha value is -5.43. The van der Waals surface area contributed by atoms with Crippen molar-refractivity contribution in [3.05, 3.63) is 114 Å². The van der Waals surface area contributed by atoms with Crippen molar-refractivity contribution < 1.29 is 42.5 Å². The van der Waals surface area contributed by atoms with E-state index in [4.69, 9.17) is 14.6 Å². The van der Waals surface area contributed by atoms with Crippen molar-refractivity contribution in [2.75, 3.05) is 12.9 Å². The van der Waals surface area contributed by atoms with Crippen molar-refractivity contribution in [2.24, 2.45) is 10.3 Å². The Morgan fingerprint density at radius 2 is 1.58 bits per heavy atom. The first-order valence-corrected chi connectivity index (χ1v) is 17.9. The first-order chi connectivity index (χ1) is 23.9. The van der Waals surface area contributed by atoms with Crippen LogP contribution in [0.2, 0.25) is 0 Å². The van der Waals surface area contributed by atoms with E-state index in [0.29, 0.717) is 42.5 Å². The molecule has 3 aromatic rings. The van der Waals surface area contributed by atoms with E-state index in [-0.39, 0.29) is 31.8 Å². The van der Waals surface area contributed by atoms with Gasteiger partial charge < -0.3 is 29.9 Å². The van der Waals surface area contributed by atoms with Gasteiger partial charge in [-0.05, 0) is 60.4 Å². The number of hydrogen-bond donors (Lipinski definition) is 3. The highest BCUT2D eigenvalue weighted by Gasteiger charge is 2.24. The molecule has 0 fully saturated rings. The Bertz CT molecular complexity index is 1840. The topological polar surface area (TPSA) is 172 Å². The van der Waals surface area contributed by atoms with E-state index in [9.17, 15) is 27.9 Å². The van der Waals surface area contributed by atoms with Crippen LogP contribution in [0.5, 0.6) is 17.2 Å². The van der Waals surface area contributed by atoms with Gasteiger partial charge in [-0.1, -0.05) is 61.5 Å². The van der Waals surface area contributed by atoms with Gasteiger partial charge in [0, 0.05) is 43.6 Å². The molecule has 1 unspecified atom stereocenters. The second-order valence-corrected chi connectivity index (χ2v) is 13.5. The van der Waals surface area contributed by atoms with E-state index in [1.54, 1.807) is 30.3 Å². The second kappa shape index (κ2) is 17.8. The van der Waals surface area contributed by atoms with Gasteiger partial charge in [0.1, 0.15) is 23.3 Å². The lowest BCUT2D eigenvalue weighted by atomic mass is 9.95. The lowest BCUT2D eigenvalue weighted by Gasteiger charge is -2.33. The predicted octanol–water partition coefficient (Wildman–Crippen LogP) is 5.56. The molecule has 12 nitrogen and oxygen atoms in total. The summed E-state index contributed by atoms with van der Waals surface area (Å²) in [7, 11) is -3.55. The number of amides is 1. The van der Waals surface area contributed by atoms with Gasteiger partial charge in [-0.15, -0.1) is 0 Å². The number of carbonyl (C=O) groups excluding carboxylic acids is 1. The number of hydrogen-bond acceptors (Lipinski definition) is 8. The average molecular weight is 704 g/mol. The molecule has 0 aromatic heterocycles. The Balaban J connectivity index is 1.34. The third-order valence-electron chi connectivity index (χ3n) is 7.71. The van der Waals surface area contributed by atoms with Crippen molar-refractivity contribution in [3.63, 3.8) is 0 Å². The number of carboxylic acid groups (broad SMARTS) is 2. The van der Waals surface area contributed by atoms with Crippen LogP contribution in [0, 0.1) is 5.92 Å². The Kier molecular flexibility index (Phi) is 13.3. The van der Waals surface area contributed by atoms with E-state index in [0.717, 1.165) is 23.1 Å². The molecule has 0 saturated carbocycles. The number of sulfonamides is 1. The standard InChI is InChI=1S/C37H41N3O9S/c1-26-32(39-50(2,46)47)13-7-14-34(26)40(24-27-9-4-3-5-10-27)25-28-16-18-29(19-17-28)49-31-12-6-11-30(23-31)48-22-8-15-35(41)38-33(37(44)45)20-21-36(42)43/h3-7,9-14,16-19,23,26,33H,8,15,20-22,24-25H2,1-2H3,(H,38,41)(H,42,43)(H,44,45)/t26?,33-/m0/s1. The van der Waals surface area contributed by atoms with Crippen LogP contribution in [0.15, 0.2) is 107 Å². The number of rotatable bonds is 18. The largest absolute Gasteiger partial charge is 0.493 e. The quantitative estimate of drug-likeness (QED) is 0.142. The van der Waals surface area contributed by atoms with Crippen LogP contribution in [0.4, 0.5) is 0 Å². The molecule has 264 valence electrons. The predicted molar refractivity (Wildman–Crippen MR) is 188 cm³/mol. The van der Waals surface area contributed by atoms with E-state index in [1.807, 2.05) is 61.5 Å². The Morgan fingerprint density at radius 3 is 2.24 bits per heavy atom. The van der Waals surface area contributed by atoms with Crippen LogP contribution in [0.3, 0.4) is 0 Å². The molecule has 0 saturated heterocycles. The van der Waals surface area contributed by atoms with Crippen molar-refractivity contribution >= 4 is 33.6 Å². The molecule has 0 bridgehead atoms. The molecule has 1 amide bonds. The minimum absolute atomic E-state index is 0.0183. The molecule has 4 rings (SSSR count). The number of nitrogens with one attached hydrogen (secondary N) is 1. The summed E-state index contributed by atoms with van der Waals surface area (Å²) in [5.41, 5.74) is 3.58. The van der Waals surface area contributed by atoms with Gasteiger partial charge in [0.2, 0.25) is 15.9 Å². The number of carboxylic acids is 2. The van der Waals surface area contributed by atoms with Crippen LogP contribution in [0.25, 0.3) is 0 Å². The van der Waals surface area contributed by atoms with Crippen LogP contribution in [-0.4, -0.2) is 66.0 Å². The fourth-order valence-electron chi connectivity index (χ4n) is 5.27. The zero-order chi connectivity index (χ0) is 36.1. The minimum Gasteiger partial charge on any atom is -0.493 e. The van der Waals surface area contributed by atoms with Crippen LogP contribution < -0.4 is 14.8 Å². The zero-order valence-electron chi connectivity index (χ0n) is 27.9. The summed E-state index contributed by atoms with van der Waals surface area (Å²) in [4.78, 5) is 36.4. The van der Waals surface area contributed by atoms with Gasteiger partial charge in [0.05, 0.1) is 18.6 Å². The minimum atomic E-state index is -3.55. The lowest BCUT2D eigenvalue weighted by Crippen LogP contribution is -2.41. The van der Waals surface area contributed by atoms with Gasteiger partial charge in [0.15, 0.2) is 0 Å². The number of nitrogens with zero attached hydrogens (tertiary/aromatic N) is 2. The van der Waals surface area contributed by atoms with Gasteiger partial charge in [-0.3, -0.25) is 9.59 Å². The molecule has 3 aromatic carbocycles. The lowest BCUT2D eigenvalue weighted by molar-refractivity contribution is -0.143. The highest BCUT2D eigenvalue weighted by atomic mass is 32.2. The maximum atomic E-state index is 12.2. The third kappa shape index (κ3) is 12.2.